The maximum Gasteiger partial charge on any atom is 0.245 e. The number of halogens is 1. The summed E-state index contributed by atoms with van der Waals surface area (Å²) in [4.78, 5) is 17.6. The summed E-state index contributed by atoms with van der Waals surface area (Å²) in [7, 11) is 0. The first-order valence-corrected chi connectivity index (χ1v) is 6.84. The second kappa shape index (κ2) is 5.10. The summed E-state index contributed by atoms with van der Waals surface area (Å²) in [6.07, 6.45) is 5.24. The van der Waals surface area contributed by atoms with E-state index in [0.29, 0.717) is 5.92 Å². The molecule has 1 aliphatic heterocycles. The van der Waals surface area contributed by atoms with Gasteiger partial charge >= 0.3 is 0 Å². The molecule has 1 fully saturated rings. The third-order valence-electron chi connectivity index (χ3n) is 2.83. The molecule has 0 aliphatic carbocycles. The standard InChI is InChI=1S/C11H13BrN2OS/c1-2-10(15)14-5-3-8(4-6-14)11-13-7-9(12)16-11/h2,7-8H,1,3-6H2. The molecular weight excluding hydrogens is 288 g/mol. The van der Waals surface area contributed by atoms with E-state index in [2.05, 4.69) is 27.5 Å². The zero-order valence-corrected chi connectivity index (χ0v) is 11.3. The molecule has 0 unspecified atom stereocenters. The van der Waals surface area contributed by atoms with Gasteiger partial charge in [-0.1, -0.05) is 6.58 Å². The molecule has 2 heterocycles. The summed E-state index contributed by atoms with van der Waals surface area (Å²) < 4.78 is 1.08. The number of piperidine rings is 1. The minimum Gasteiger partial charge on any atom is -0.339 e. The minimum absolute atomic E-state index is 0.0405. The van der Waals surface area contributed by atoms with Gasteiger partial charge in [-0.25, -0.2) is 4.98 Å². The number of rotatable bonds is 2. The van der Waals surface area contributed by atoms with Gasteiger partial charge in [-0.3, -0.25) is 4.79 Å². The van der Waals surface area contributed by atoms with Crippen molar-refractivity contribution in [3.05, 3.63) is 27.6 Å². The first kappa shape index (κ1) is 11.8. The van der Waals surface area contributed by atoms with E-state index >= 15 is 0 Å². The highest BCUT2D eigenvalue weighted by molar-refractivity contribution is 9.11. The van der Waals surface area contributed by atoms with Gasteiger partial charge in [0.05, 0.1) is 15.0 Å². The smallest absolute Gasteiger partial charge is 0.245 e. The van der Waals surface area contributed by atoms with Gasteiger partial charge in [0.1, 0.15) is 0 Å². The molecule has 0 radical (unpaired) electrons. The Balaban J connectivity index is 1.95. The molecule has 1 saturated heterocycles. The van der Waals surface area contributed by atoms with Gasteiger partial charge in [-0.15, -0.1) is 11.3 Å². The molecule has 1 aromatic heterocycles. The van der Waals surface area contributed by atoms with Crippen molar-refractivity contribution in [3.8, 4) is 0 Å². The molecular formula is C11H13BrN2OS. The molecule has 5 heteroatoms. The van der Waals surface area contributed by atoms with Crippen LogP contribution in [0.15, 0.2) is 22.6 Å². The van der Waals surface area contributed by atoms with Gasteiger partial charge < -0.3 is 4.90 Å². The summed E-state index contributed by atoms with van der Waals surface area (Å²) in [5.74, 6) is 0.545. The van der Waals surface area contributed by atoms with Crippen LogP contribution in [0.4, 0.5) is 0 Å². The Bertz CT molecular complexity index is 396. The molecule has 2 rings (SSSR count). The Labute approximate surface area is 107 Å². The van der Waals surface area contributed by atoms with Crippen LogP contribution in [0.5, 0.6) is 0 Å². The summed E-state index contributed by atoms with van der Waals surface area (Å²) in [5, 5.41) is 1.18. The molecule has 86 valence electrons. The third-order valence-corrected chi connectivity index (χ3v) is 4.46. The molecule has 0 aromatic carbocycles. The van der Waals surface area contributed by atoms with Crippen LogP contribution < -0.4 is 0 Å². The summed E-state index contributed by atoms with van der Waals surface area (Å²) in [6, 6.07) is 0. The van der Waals surface area contributed by atoms with Crippen molar-refractivity contribution in [3.63, 3.8) is 0 Å². The van der Waals surface area contributed by atoms with E-state index in [4.69, 9.17) is 0 Å². The highest BCUT2D eigenvalue weighted by atomic mass is 79.9. The molecule has 0 bridgehead atoms. The van der Waals surface area contributed by atoms with E-state index in [1.54, 1.807) is 11.3 Å². The first-order valence-electron chi connectivity index (χ1n) is 5.23. The summed E-state index contributed by atoms with van der Waals surface area (Å²) in [6.45, 7) is 5.13. The Morgan fingerprint density at radius 3 is 2.81 bits per heavy atom. The SMILES string of the molecule is C=CC(=O)N1CCC(c2ncc(Br)s2)CC1. The van der Waals surface area contributed by atoms with Crippen LogP contribution in [0.3, 0.4) is 0 Å². The van der Waals surface area contributed by atoms with E-state index in [-0.39, 0.29) is 5.91 Å². The number of thiazole rings is 1. The monoisotopic (exact) mass is 300 g/mol. The summed E-state index contributed by atoms with van der Waals surface area (Å²) in [5.41, 5.74) is 0. The fourth-order valence-corrected chi connectivity index (χ4v) is 3.34. The van der Waals surface area contributed by atoms with Crippen molar-refractivity contribution in [1.82, 2.24) is 9.88 Å². The number of amides is 1. The topological polar surface area (TPSA) is 33.2 Å². The molecule has 3 nitrogen and oxygen atoms in total. The second-order valence-corrected chi connectivity index (χ2v) is 6.25. The number of likely N-dealkylation sites (tertiary alicyclic amines) is 1. The number of hydrogen-bond donors (Lipinski definition) is 0. The van der Waals surface area contributed by atoms with Crippen LogP contribution in [0.1, 0.15) is 23.8 Å². The average molecular weight is 301 g/mol. The fraction of sp³-hybridized carbons (Fsp3) is 0.455. The van der Waals surface area contributed by atoms with E-state index in [1.807, 2.05) is 11.1 Å². The summed E-state index contributed by atoms with van der Waals surface area (Å²) >= 11 is 5.11. The molecule has 0 N–H and O–H groups in total. The molecule has 1 amide bonds. The molecule has 1 aliphatic rings. The van der Waals surface area contributed by atoms with Crippen molar-refractivity contribution in [2.45, 2.75) is 18.8 Å². The number of nitrogens with zero attached hydrogens (tertiary/aromatic N) is 2. The Morgan fingerprint density at radius 1 is 1.62 bits per heavy atom. The van der Waals surface area contributed by atoms with Crippen molar-refractivity contribution >= 4 is 33.2 Å². The number of carbonyl (C=O) groups excluding carboxylic acids is 1. The normalized spacial score (nSPS) is 17.4. The number of aromatic nitrogens is 1. The van der Waals surface area contributed by atoms with Gasteiger partial charge in [-0.2, -0.15) is 0 Å². The maximum absolute atomic E-state index is 11.4. The van der Waals surface area contributed by atoms with Crippen molar-refractivity contribution in [1.29, 1.82) is 0 Å². The van der Waals surface area contributed by atoms with Gasteiger partial charge in [0.2, 0.25) is 5.91 Å². The first-order chi connectivity index (χ1) is 7.70. The zero-order valence-electron chi connectivity index (χ0n) is 8.86. The average Bonchev–Trinajstić information content (AvgIpc) is 2.75. The lowest BCUT2D eigenvalue weighted by Crippen LogP contribution is -2.36. The lowest BCUT2D eigenvalue weighted by atomic mass is 9.97. The maximum atomic E-state index is 11.4. The van der Waals surface area contributed by atoms with E-state index in [9.17, 15) is 4.79 Å². The van der Waals surface area contributed by atoms with Crippen LogP contribution in [0.25, 0.3) is 0 Å². The van der Waals surface area contributed by atoms with Crippen molar-refractivity contribution < 1.29 is 4.79 Å². The van der Waals surface area contributed by atoms with Crippen LogP contribution in [0.2, 0.25) is 0 Å². The molecule has 0 spiro atoms. The third kappa shape index (κ3) is 2.52. The highest BCUT2D eigenvalue weighted by Crippen LogP contribution is 2.32. The quantitative estimate of drug-likeness (QED) is 0.787. The molecule has 16 heavy (non-hydrogen) atoms. The van der Waals surface area contributed by atoms with Crippen molar-refractivity contribution in [2.75, 3.05) is 13.1 Å². The number of carbonyl (C=O) groups is 1. The van der Waals surface area contributed by atoms with E-state index in [0.717, 1.165) is 29.7 Å². The Hall–Kier alpha value is -0.680. The largest absolute Gasteiger partial charge is 0.339 e. The lowest BCUT2D eigenvalue weighted by molar-refractivity contribution is -0.127. The molecule has 0 saturated carbocycles. The van der Waals surface area contributed by atoms with Gasteiger partial charge in [0.25, 0.3) is 0 Å². The number of hydrogen-bond acceptors (Lipinski definition) is 3. The predicted molar refractivity (Wildman–Crippen MR) is 68.6 cm³/mol. The lowest BCUT2D eigenvalue weighted by Gasteiger charge is -2.30. The van der Waals surface area contributed by atoms with Gasteiger partial charge in [0.15, 0.2) is 0 Å². The highest BCUT2D eigenvalue weighted by Gasteiger charge is 2.24. The van der Waals surface area contributed by atoms with E-state index < -0.39 is 0 Å². The predicted octanol–water partition coefficient (Wildman–Crippen LogP) is 2.80. The fourth-order valence-electron chi connectivity index (χ4n) is 1.93. The van der Waals surface area contributed by atoms with Crippen LogP contribution in [-0.4, -0.2) is 28.9 Å². The minimum atomic E-state index is 0.0405. The van der Waals surface area contributed by atoms with Crippen LogP contribution >= 0.6 is 27.3 Å². The second-order valence-electron chi connectivity index (χ2n) is 3.81. The van der Waals surface area contributed by atoms with E-state index in [1.165, 1.54) is 11.1 Å². The van der Waals surface area contributed by atoms with Gasteiger partial charge in [-0.05, 0) is 34.8 Å². The zero-order chi connectivity index (χ0) is 11.5. The Morgan fingerprint density at radius 2 is 2.31 bits per heavy atom. The van der Waals surface area contributed by atoms with Gasteiger partial charge in [0, 0.05) is 19.0 Å². The van der Waals surface area contributed by atoms with Crippen LogP contribution in [-0.2, 0) is 4.79 Å². The molecule has 0 atom stereocenters. The Kier molecular flexibility index (Phi) is 3.76. The van der Waals surface area contributed by atoms with Crippen molar-refractivity contribution in [2.24, 2.45) is 0 Å². The van der Waals surface area contributed by atoms with Crippen LogP contribution in [0, 0.1) is 0 Å². The molecule has 1 aromatic rings.